The van der Waals surface area contributed by atoms with Gasteiger partial charge in [-0.3, -0.25) is 4.68 Å². The maximum atomic E-state index is 9.56. The Kier molecular flexibility index (Phi) is 4.68. The first-order chi connectivity index (χ1) is 8.72. The van der Waals surface area contributed by atoms with Crippen molar-refractivity contribution in [3.05, 3.63) is 16.4 Å². The molecule has 1 aromatic rings. The first-order valence-corrected chi connectivity index (χ1v) is 7.48. The molecule has 0 radical (unpaired) electrons. The van der Waals surface area contributed by atoms with Crippen molar-refractivity contribution < 1.29 is 5.11 Å². The molecule has 1 heterocycles. The fourth-order valence-corrected chi connectivity index (χ4v) is 3.35. The monoisotopic (exact) mass is 270 g/mol. The van der Waals surface area contributed by atoms with Gasteiger partial charge in [-0.25, -0.2) is 0 Å². The van der Waals surface area contributed by atoms with Crippen LogP contribution in [-0.4, -0.2) is 14.9 Å². The van der Waals surface area contributed by atoms with Crippen LogP contribution in [0, 0.1) is 0 Å². The van der Waals surface area contributed by atoms with E-state index in [0.29, 0.717) is 17.1 Å². The van der Waals surface area contributed by atoms with Crippen LogP contribution in [-0.2, 0) is 6.61 Å². The third kappa shape index (κ3) is 2.43. The molecule has 0 bridgehead atoms. The number of hydrogen-bond donors (Lipinski definition) is 1. The third-order valence-corrected chi connectivity index (χ3v) is 4.56. The molecule has 1 N–H and O–H groups in total. The Morgan fingerprint density at radius 3 is 2.44 bits per heavy atom. The SMILES string of the molecule is CCC(CC)n1nc(C2CCCC2)c(CO)c1Cl. The van der Waals surface area contributed by atoms with E-state index in [1.807, 2.05) is 4.68 Å². The van der Waals surface area contributed by atoms with E-state index in [0.717, 1.165) is 24.1 Å². The molecule has 1 aliphatic carbocycles. The van der Waals surface area contributed by atoms with Crippen LogP contribution in [0.5, 0.6) is 0 Å². The summed E-state index contributed by atoms with van der Waals surface area (Å²) in [5, 5.41) is 14.9. The zero-order chi connectivity index (χ0) is 13.1. The average molecular weight is 271 g/mol. The molecule has 0 amide bonds. The minimum Gasteiger partial charge on any atom is -0.391 e. The van der Waals surface area contributed by atoms with E-state index in [1.165, 1.54) is 25.7 Å². The smallest absolute Gasteiger partial charge is 0.133 e. The Labute approximate surface area is 114 Å². The highest BCUT2D eigenvalue weighted by molar-refractivity contribution is 6.30. The van der Waals surface area contributed by atoms with Gasteiger partial charge in [0, 0.05) is 11.5 Å². The van der Waals surface area contributed by atoms with Crippen LogP contribution in [0.3, 0.4) is 0 Å². The van der Waals surface area contributed by atoms with Gasteiger partial charge in [0.15, 0.2) is 0 Å². The second kappa shape index (κ2) is 6.07. The Bertz CT molecular complexity index is 393. The molecule has 18 heavy (non-hydrogen) atoms. The van der Waals surface area contributed by atoms with Crippen molar-refractivity contribution >= 4 is 11.6 Å². The van der Waals surface area contributed by atoms with E-state index in [9.17, 15) is 5.11 Å². The van der Waals surface area contributed by atoms with Crippen LogP contribution in [0.15, 0.2) is 0 Å². The Morgan fingerprint density at radius 2 is 1.94 bits per heavy atom. The van der Waals surface area contributed by atoms with E-state index >= 15 is 0 Å². The second-order valence-electron chi connectivity index (χ2n) is 5.21. The zero-order valence-electron chi connectivity index (χ0n) is 11.3. The van der Waals surface area contributed by atoms with Gasteiger partial charge in [-0.05, 0) is 25.7 Å². The molecule has 0 spiro atoms. The van der Waals surface area contributed by atoms with Crippen molar-refractivity contribution in [3.8, 4) is 0 Å². The summed E-state index contributed by atoms with van der Waals surface area (Å²) in [6.07, 6.45) is 6.95. The van der Waals surface area contributed by atoms with Crippen LogP contribution in [0.4, 0.5) is 0 Å². The highest BCUT2D eigenvalue weighted by atomic mass is 35.5. The molecule has 2 rings (SSSR count). The predicted octanol–water partition coefficient (Wildman–Crippen LogP) is 4.05. The van der Waals surface area contributed by atoms with Crippen molar-refractivity contribution in [2.24, 2.45) is 0 Å². The number of aromatic nitrogens is 2. The summed E-state index contributed by atoms with van der Waals surface area (Å²) in [5.41, 5.74) is 1.90. The average Bonchev–Trinajstić information content (AvgIpc) is 2.99. The van der Waals surface area contributed by atoms with Gasteiger partial charge in [0.1, 0.15) is 5.15 Å². The number of nitrogens with zero attached hydrogens (tertiary/aromatic N) is 2. The van der Waals surface area contributed by atoms with Crippen molar-refractivity contribution in [3.63, 3.8) is 0 Å². The lowest BCUT2D eigenvalue weighted by Crippen LogP contribution is -2.09. The summed E-state index contributed by atoms with van der Waals surface area (Å²) in [6.45, 7) is 4.31. The van der Waals surface area contributed by atoms with Gasteiger partial charge in [0.05, 0.1) is 18.3 Å². The van der Waals surface area contributed by atoms with Gasteiger partial charge >= 0.3 is 0 Å². The van der Waals surface area contributed by atoms with Crippen molar-refractivity contribution in [1.29, 1.82) is 0 Å². The molecule has 0 aliphatic heterocycles. The topological polar surface area (TPSA) is 38.0 Å². The second-order valence-corrected chi connectivity index (χ2v) is 5.57. The van der Waals surface area contributed by atoms with Crippen molar-refractivity contribution in [1.82, 2.24) is 9.78 Å². The number of rotatable bonds is 5. The van der Waals surface area contributed by atoms with E-state index in [2.05, 4.69) is 13.8 Å². The molecular weight excluding hydrogens is 248 g/mol. The lowest BCUT2D eigenvalue weighted by molar-refractivity contribution is 0.279. The highest BCUT2D eigenvalue weighted by Crippen LogP contribution is 2.38. The summed E-state index contributed by atoms with van der Waals surface area (Å²) in [6, 6.07) is 0.345. The minimum absolute atomic E-state index is 0.00478. The van der Waals surface area contributed by atoms with Gasteiger partial charge < -0.3 is 5.11 Å². The number of halogens is 1. The van der Waals surface area contributed by atoms with E-state index in [4.69, 9.17) is 16.7 Å². The quantitative estimate of drug-likeness (QED) is 0.877. The molecule has 1 saturated carbocycles. The zero-order valence-corrected chi connectivity index (χ0v) is 12.1. The number of aliphatic hydroxyl groups is 1. The fourth-order valence-electron chi connectivity index (χ4n) is 3.01. The normalized spacial score (nSPS) is 16.9. The molecule has 0 unspecified atom stereocenters. The summed E-state index contributed by atoms with van der Waals surface area (Å²) < 4.78 is 1.93. The van der Waals surface area contributed by atoms with Crippen molar-refractivity contribution in [2.75, 3.05) is 0 Å². The summed E-state index contributed by atoms with van der Waals surface area (Å²) in [5.74, 6) is 0.500. The first kappa shape index (κ1) is 13.9. The molecule has 4 heteroatoms. The van der Waals surface area contributed by atoms with Crippen LogP contribution in [0.2, 0.25) is 5.15 Å². The number of aliphatic hydroxyl groups excluding tert-OH is 1. The Hall–Kier alpha value is -0.540. The Morgan fingerprint density at radius 1 is 1.33 bits per heavy atom. The first-order valence-electron chi connectivity index (χ1n) is 7.10. The molecule has 0 atom stereocenters. The molecular formula is C14H23ClN2O. The summed E-state index contributed by atoms with van der Waals surface area (Å²) in [7, 11) is 0. The maximum absolute atomic E-state index is 9.56. The van der Waals surface area contributed by atoms with E-state index in [1.54, 1.807) is 0 Å². The molecule has 0 saturated heterocycles. The largest absolute Gasteiger partial charge is 0.391 e. The van der Waals surface area contributed by atoms with E-state index in [-0.39, 0.29) is 6.61 Å². The van der Waals surface area contributed by atoms with E-state index < -0.39 is 0 Å². The molecule has 1 fully saturated rings. The molecule has 102 valence electrons. The summed E-state index contributed by atoms with van der Waals surface area (Å²) in [4.78, 5) is 0. The Balaban J connectivity index is 2.37. The number of hydrogen-bond acceptors (Lipinski definition) is 2. The van der Waals surface area contributed by atoms with Gasteiger partial charge in [0.2, 0.25) is 0 Å². The van der Waals surface area contributed by atoms with Crippen molar-refractivity contribution in [2.45, 2.75) is 70.9 Å². The fraction of sp³-hybridized carbons (Fsp3) is 0.786. The minimum atomic E-state index is 0.00478. The lowest BCUT2D eigenvalue weighted by atomic mass is 10.0. The molecule has 1 aliphatic rings. The highest BCUT2D eigenvalue weighted by Gasteiger charge is 2.27. The summed E-state index contributed by atoms with van der Waals surface area (Å²) >= 11 is 6.40. The van der Waals surface area contributed by atoms with Gasteiger partial charge in [-0.15, -0.1) is 0 Å². The van der Waals surface area contributed by atoms with Gasteiger partial charge in [0.25, 0.3) is 0 Å². The van der Waals surface area contributed by atoms with Crippen LogP contribution >= 0.6 is 11.6 Å². The maximum Gasteiger partial charge on any atom is 0.133 e. The van der Waals surface area contributed by atoms with Gasteiger partial charge in [-0.1, -0.05) is 38.3 Å². The van der Waals surface area contributed by atoms with Crippen LogP contribution < -0.4 is 0 Å². The molecule has 1 aromatic heterocycles. The lowest BCUT2D eigenvalue weighted by Gasteiger charge is -2.14. The third-order valence-electron chi connectivity index (χ3n) is 4.16. The van der Waals surface area contributed by atoms with Crippen LogP contribution in [0.25, 0.3) is 0 Å². The van der Waals surface area contributed by atoms with Gasteiger partial charge in [-0.2, -0.15) is 5.10 Å². The standard InChI is InChI=1S/C14H23ClN2O/c1-3-11(4-2)17-14(15)12(9-18)13(16-17)10-7-5-6-8-10/h10-11,18H,3-9H2,1-2H3. The van der Waals surface area contributed by atoms with Crippen LogP contribution in [0.1, 0.15) is 75.6 Å². The predicted molar refractivity (Wildman–Crippen MR) is 74.0 cm³/mol. The molecule has 3 nitrogen and oxygen atoms in total. The molecule has 0 aromatic carbocycles.